The van der Waals surface area contributed by atoms with Gasteiger partial charge in [-0.15, -0.1) is 0 Å². The molecule has 0 saturated carbocycles. The van der Waals surface area contributed by atoms with E-state index in [1.807, 2.05) is 0 Å². The average Bonchev–Trinajstić information content (AvgIpc) is 2.74. The first kappa shape index (κ1) is 23.6. The molecule has 0 saturated heterocycles. The van der Waals surface area contributed by atoms with Crippen molar-refractivity contribution >= 4 is 29.1 Å². The van der Waals surface area contributed by atoms with Crippen LogP contribution in [0, 0.1) is 6.92 Å². The molecule has 0 unspecified atom stereocenters. The van der Waals surface area contributed by atoms with E-state index in [0.717, 1.165) is 5.56 Å². The number of nitrogens with one attached hydrogen (secondary N) is 3. The summed E-state index contributed by atoms with van der Waals surface area (Å²) >= 11 is 0. The Morgan fingerprint density at radius 2 is 1.74 bits per heavy atom. The number of carbonyl (C=O) groups excluding carboxylic acids is 3. The van der Waals surface area contributed by atoms with Gasteiger partial charge in [0.2, 0.25) is 11.8 Å². The third-order valence-electron chi connectivity index (χ3n) is 4.17. The number of carbonyl (C=O) groups is 3. The highest BCUT2D eigenvalue weighted by Gasteiger charge is 2.15. The number of halogens is 2. The highest BCUT2D eigenvalue weighted by molar-refractivity contribution is 6.00. The van der Waals surface area contributed by atoms with E-state index in [9.17, 15) is 23.2 Å². The Bertz CT molecular complexity index is 966. The first-order valence-electron chi connectivity index (χ1n) is 9.34. The number of aryl methyl sites for hydroxylation is 1. The van der Waals surface area contributed by atoms with Gasteiger partial charge >= 0.3 is 6.61 Å². The number of hydrogen-bond acceptors (Lipinski definition) is 5. The molecule has 0 aliphatic rings. The average molecular weight is 435 g/mol. The highest BCUT2D eigenvalue weighted by atomic mass is 19.3. The molecule has 8 nitrogen and oxygen atoms in total. The van der Waals surface area contributed by atoms with E-state index in [-0.39, 0.29) is 29.5 Å². The number of rotatable bonds is 9. The minimum atomic E-state index is -3.03. The molecule has 31 heavy (non-hydrogen) atoms. The molecule has 3 amide bonds. The molecule has 10 heteroatoms. The molecule has 2 aromatic carbocycles. The fourth-order valence-electron chi connectivity index (χ4n) is 2.54. The van der Waals surface area contributed by atoms with Crippen molar-refractivity contribution in [2.24, 2.45) is 0 Å². The lowest BCUT2D eigenvalue weighted by atomic mass is 10.1. The summed E-state index contributed by atoms with van der Waals surface area (Å²) in [5.41, 5.74) is 1.90. The van der Waals surface area contributed by atoms with Crippen LogP contribution in [0.4, 0.5) is 20.2 Å². The first-order valence-corrected chi connectivity index (χ1v) is 9.34. The van der Waals surface area contributed by atoms with Crippen molar-refractivity contribution in [3.05, 3.63) is 47.5 Å². The minimum Gasteiger partial charge on any atom is -0.493 e. The standard InChI is InChI=1S/C21H23F2N3O5/c1-4-18(27)25-14-7-5-12(2)15(10-14)26-19(28)11-24-20(29)13-6-8-16(31-21(22)23)17(9-13)30-3/h5-10,21H,4,11H2,1-3H3,(H,24,29)(H,25,27)(H,26,28). The molecule has 0 heterocycles. The maximum atomic E-state index is 12.4. The van der Waals surface area contributed by atoms with Gasteiger partial charge < -0.3 is 25.4 Å². The second-order valence-electron chi connectivity index (χ2n) is 6.41. The van der Waals surface area contributed by atoms with Gasteiger partial charge in [0.1, 0.15) is 0 Å². The Labute approximate surface area is 177 Å². The minimum absolute atomic E-state index is 0.0426. The van der Waals surface area contributed by atoms with Crippen molar-refractivity contribution in [1.29, 1.82) is 0 Å². The highest BCUT2D eigenvalue weighted by Crippen LogP contribution is 2.29. The maximum absolute atomic E-state index is 12.4. The Morgan fingerprint density at radius 3 is 2.39 bits per heavy atom. The van der Waals surface area contributed by atoms with Crippen molar-refractivity contribution < 1.29 is 32.6 Å². The Morgan fingerprint density at radius 1 is 1.00 bits per heavy atom. The molecule has 0 atom stereocenters. The number of alkyl halides is 2. The Hall–Kier alpha value is -3.69. The van der Waals surface area contributed by atoms with Crippen molar-refractivity contribution in [1.82, 2.24) is 5.32 Å². The van der Waals surface area contributed by atoms with Crippen LogP contribution in [0.15, 0.2) is 36.4 Å². The molecule has 166 valence electrons. The molecule has 2 rings (SSSR count). The topological polar surface area (TPSA) is 106 Å². The molecule has 0 aliphatic heterocycles. The second kappa shape index (κ2) is 10.9. The Kier molecular flexibility index (Phi) is 8.30. The van der Waals surface area contributed by atoms with E-state index in [1.54, 1.807) is 32.0 Å². The molecule has 0 aliphatic carbocycles. The predicted octanol–water partition coefficient (Wildman–Crippen LogP) is 3.32. The summed E-state index contributed by atoms with van der Waals surface area (Å²) in [6.45, 7) is 0.148. The van der Waals surface area contributed by atoms with Crippen LogP contribution in [0.1, 0.15) is 29.3 Å². The third kappa shape index (κ3) is 6.95. The van der Waals surface area contributed by atoms with Gasteiger partial charge in [0.15, 0.2) is 11.5 Å². The predicted molar refractivity (Wildman–Crippen MR) is 111 cm³/mol. The van der Waals surface area contributed by atoms with Crippen LogP contribution in [0.25, 0.3) is 0 Å². The van der Waals surface area contributed by atoms with Gasteiger partial charge in [-0.3, -0.25) is 14.4 Å². The van der Waals surface area contributed by atoms with Gasteiger partial charge in [0.05, 0.1) is 13.7 Å². The number of amides is 3. The molecule has 2 aromatic rings. The molecule has 0 bridgehead atoms. The van der Waals surface area contributed by atoms with E-state index >= 15 is 0 Å². The van der Waals surface area contributed by atoms with Crippen molar-refractivity contribution in [3.8, 4) is 11.5 Å². The van der Waals surface area contributed by atoms with Gasteiger partial charge in [-0.25, -0.2) is 0 Å². The summed E-state index contributed by atoms with van der Waals surface area (Å²) in [6.07, 6.45) is 0.321. The van der Waals surface area contributed by atoms with Crippen LogP contribution in [0.5, 0.6) is 11.5 Å². The van der Waals surface area contributed by atoms with E-state index in [4.69, 9.17) is 4.74 Å². The summed E-state index contributed by atoms with van der Waals surface area (Å²) in [6, 6.07) is 8.77. The Balaban J connectivity index is 1.99. The fraction of sp³-hybridized carbons (Fsp3) is 0.286. The van der Waals surface area contributed by atoms with E-state index in [0.29, 0.717) is 17.8 Å². The molecule has 3 N–H and O–H groups in total. The number of benzene rings is 2. The van der Waals surface area contributed by atoms with Crippen LogP contribution in [-0.4, -0.2) is 38.0 Å². The third-order valence-corrected chi connectivity index (χ3v) is 4.17. The van der Waals surface area contributed by atoms with Crippen LogP contribution in [0.3, 0.4) is 0 Å². The zero-order valence-corrected chi connectivity index (χ0v) is 17.3. The van der Waals surface area contributed by atoms with Gasteiger partial charge in [-0.1, -0.05) is 13.0 Å². The summed E-state index contributed by atoms with van der Waals surface area (Å²) in [5, 5.41) is 7.81. The molecule has 0 fully saturated rings. The van der Waals surface area contributed by atoms with Crippen molar-refractivity contribution in [3.63, 3.8) is 0 Å². The van der Waals surface area contributed by atoms with Crippen LogP contribution in [-0.2, 0) is 9.59 Å². The zero-order valence-electron chi connectivity index (χ0n) is 17.3. The quantitative estimate of drug-likeness (QED) is 0.560. The van der Waals surface area contributed by atoms with E-state index < -0.39 is 18.4 Å². The summed E-state index contributed by atoms with van der Waals surface area (Å²) in [5.74, 6) is -1.50. The second-order valence-corrected chi connectivity index (χ2v) is 6.41. The van der Waals surface area contributed by atoms with Crippen LogP contribution < -0.4 is 25.4 Å². The smallest absolute Gasteiger partial charge is 0.387 e. The molecule has 0 spiro atoms. The lowest BCUT2D eigenvalue weighted by Crippen LogP contribution is -2.33. The van der Waals surface area contributed by atoms with Gasteiger partial charge in [0, 0.05) is 23.4 Å². The largest absolute Gasteiger partial charge is 0.493 e. The van der Waals surface area contributed by atoms with Crippen molar-refractivity contribution in [2.45, 2.75) is 26.9 Å². The zero-order chi connectivity index (χ0) is 23.0. The molecular formula is C21H23F2N3O5. The van der Waals surface area contributed by atoms with Gasteiger partial charge in [-0.05, 0) is 42.8 Å². The van der Waals surface area contributed by atoms with E-state index in [2.05, 4.69) is 20.7 Å². The number of ether oxygens (including phenoxy) is 2. The summed E-state index contributed by atoms with van der Waals surface area (Å²) < 4.78 is 34.1. The monoisotopic (exact) mass is 435 g/mol. The fourth-order valence-corrected chi connectivity index (χ4v) is 2.54. The lowest BCUT2D eigenvalue weighted by molar-refractivity contribution is -0.116. The SMILES string of the molecule is CCC(=O)Nc1ccc(C)c(NC(=O)CNC(=O)c2ccc(OC(F)F)c(OC)c2)c1. The van der Waals surface area contributed by atoms with Crippen molar-refractivity contribution in [2.75, 3.05) is 24.3 Å². The molecule has 0 aromatic heterocycles. The van der Waals surface area contributed by atoms with Gasteiger partial charge in [-0.2, -0.15) is 8.78 Å². The number of methoxy groups -OCH3 is 1. The summed E-state index contributed by atoms with van der Waals surface area (Å²) in [4.78, 5) is 36.1. The number of hydrogen-bond donors (Lipinski definition) is 3. The number of anilines is 2. The summed E-state index contributed by atoms with van der Waals surface area (Å²) in [7, 11) is 1.25. The van der Waals surface area contributed by atoms with Gasteiger partial charge in [0.25, 0.3) is 5.91 Å². The maximum Gasteiger partial charge on any atom is 0.387 e. The first-order chi connectivity index (χ1) is 14.7. The van der Waals surface area contributed by atoms with E-state index in [1.165, 1.54) is 25.3 Å². The molecular weight excluding hydrogens is 412 g/mol. The lowest BCUT2D eigenvalue weighted by Gasteiger charge is -2.13. The van der Waals surface area contributed by atoms with Crippen LogP contribution >= 0.6 is 0 Å². The normalized spacial score (nSPS) is 10.4. The van der Waals surface area contributed by atoms with Crippen LogP contribution in [0.2, 0.25) is 0 Å². The molecule has 0 radical (unpaired) electrons.